The van der Waals surface area contributed by atoms with Gasteiger partial charge in [0, 0.05) is 11.4 Å². The van der Waals surface area contributed by atoms with Gasteiger partial charge in [0.2, 0.25) is 5.91 Å². The maximum absolute atomic E-state index is 13.0. The van der Waals surface area contributed by atoms with Gasteiger partial charge in [-0.05, 0) is 36.1 Å². The highest BCUT2D eigenvalue weighted by Gasteiger charge is 2.34. The number of carbonyl (C=O) groups is 2. The Morgan fingerprint density at radius 3 is 2.40 bits per heavy atom. The van der Waals surface area contributed by atoms with Crippen LogP contribution in [0.1, 0.15) is 35.2 Å². The highest BCUT2D eigenvalue weighted by Crippen LogP contribution is 2.33. The molecular weight excluding hydrogens is 426 g/mol. The van der Waals surface area contributed by atoms with Crippen LogP contribution in [0.15, 0.2) is 48.5 Å². The van der Waals surface area contributed by atoms with E-state index in [4.69, 9.17) is 23.2 Å². The van der Waals surface area contributed by atoms with E-state index in [9.17, 15) is 19.6 Å². The minimum absolute atomic E-state index is 0.159. The van der Waals surface area contributed by atoms with Crippen LogP contribution in [0.4, 0.5) is 0 Å². The van der Waals surface area contributed by atoms with E-state index in [1.54, 1.807) is 6.07 Å². The van der Waals surface area contributed by atoms with Crippen molar-refractivity contribution in [2.24, 2.45) is 5.92 Å². The molecule has 0 spiro atoms. The maximum atomic E-state index is 13.0. The largest absolute Gasteiger partial charge is 0.475 e. The lowest BCUT2D eigenvalue weighted by molar-refractivity contribution is -0.123. The van der Waals surface area contributed by atoms with E-state index in [-0.39, 0.29) is 17.0 Å². The highest BCUT2D eigenvalue weighted by atomic mass is 35.5. The van der Waals surface area contributed by atoms with E-state index in [0.717, 1.165) is 18.4 Å². The summed E-state index contributed by atoms with van der Waals surface area (Å²) in [5, 5.41) is 25.3. The number of benzene rings is 2. The third kappa shape index (κ3) is 6.47. The SMILES string of the molecule is O=C(N[C@@H](Cc1ccccc1)C(=O)N[C@@H](CC1CC1)B(O)O)c1cc(Cl)ccc1Cl. The van der Waals surface area contributed by atoms with Gasteiger partial charge in [-0.15, -0.1) is 0 Å². The normalized spacial score (nSPS) is 15.2. The third-order valence-corrected chi connectivity index (χ3v) is 5.61. The first-order chi connectivity index (χ1) is 14.3. The quantitative estimate of drug-likeness (QED) is 0.443. The van der Waals surface area contributed by atoms with Gasteiger partial charge in [-0.2, -0.15) is 0 Å². The third-order valence-electron chi connectivity index (χ3n) is 5.05. The fraction of sp³-hybridized carbons (Fsp3) is 0.333. The van der Waals surface area contributed by atoms with Gasteiger partial charge in [0.25, 0.3) is 5.91 Å². The second kappa shape index (κ2) is 10.3. The Bertz CT molecular complexity index is 894. The van der Waals surface area contributed by atoms with Crippen LogP contribution in [-0.4, -0.2) is 41.0 Å². The Morgan fingerprint density at radius 2 is 1.77 bits per heavy atom. The Morgan fingerprint density at radius 1 is 1.07 bits per heavy atom. The molecule has 2 aromatic rings. The van der Waals surface area contributed by atoms with E-state index in [1.807, 2.05) is 30.3 Å². The van der Waals surface area contributed by atoms with E-state index in [1.165, 1.54) is 12.1 Å². The summed E-state index contributed by atoms with van der Waals surface area (Å²) in [5.74, 6) is -1.45. The van der Waals surface area contributed by atoms with Gasteiger partial charge < -0.3 is 20.7 Å². The van der Waals surface area contributed by atoms with Gasteiger partial charge in [-0.25, -0.2) is 0 Å². The topological polar surface area (TPSA) is 98.7 Å². The number of hydrogen-bond donors (Lipinski definition) is 4. The fourth-order valence-corrected chi connectivity index (χ4v) is 3.59. The van der Waals surface area contributed by atoms with Crippen molar-refractivity contribution in [3.63, 3.8) is 0 Å². The minimum Gasteiger partial charge on any atom is -0.426 e. The molecule has 0 aromatic heterocycles. The summed E-state index contributed by atoms with van der Waals surface area (Å²) in [6, 6.07) is 12.8. The molecule has 0 radical (unpaired) electrons. The molecule has 0 saturated heterocycles. The summed E-state index contributed by atoms with van der Waals surface area (Å²) in [4.78, 5) is 25.8. The molecule has 9 heteroatoms. The first kappa shape index (κ1) is 22.6. The molecule has 3 rings (SSSR count). The number of carbonyl (C=O) groups excluding carboxylic acids is 2. The lowest BCUT2D eigenvalue weighted by atomic mass is 9.76. The van der Waals surface area contributed by atoms with Crippen LogP contribution in [0.3, 0.4) is 0 Å². The van der Waals surface area contributed by atoms with Crippen molar-refractivity contribution in [1.82, 2.24) is 10.6 Å². The van der Waals surface area contributed by atoms with E-state index in [0.29, 0.717) is 17.4 Å². The Labute approximate surface area is 185 Å². The van der Waals surface area contributed by atoms with Crippen LogP contribution in [0, 0.1) is 5.92 Å². The lowest BCUT2D eigenvalue weighted by Gasteiger charge is -2.23. The molecule has 4 N–H and O–H groups in total. The minimum atomic E-state index is -1.68. The molecule has 0 bridgehead atoms. The Hall–Kier alpha value is -2.06. The van der Waals surface area contributed by atoms with Crippen molar-refractivity contribution in [1.29, 1.82) is 0 Å². The van der Waals surface area contributed by atoms with Crippen LogP contribution in [0.5, 0.6) is 0 Å². The van der Waals surface area contributed by atoms with Crippen molar-refractivity contribution in [3.8, 4) is 0 Å². The molecule has 2 amide bonds. The fourth-order valence-electron chi connectivity index (χ4n) is 3.22. The molecule has 1 aliphatic carbocycles. The summed E-state index contributed by atoms with van der Waals surface area (Å²) >= 11 is 12.1. The summed E-state index contributed by atoms with van der Waals surface area (Å²) in [5.41, 5.74) is 1.00. The van der Waals surface area contributed by atoms with Crippen LogP contribution in [-0.2, 0) is 11.2 Å². The average molecular weight is 449 g/mol. The van der Waals surface area contributed by atoms with Crippen molar-refractivity contribution in [2.75, 3.05) is 0 Å². The van der Waals surface area contributed by atoms with Gasteiger partial charge in [0.05, 0.1) is 16.5 Å². The molecular formula is C21H23BCl2N2O4. The number of nitrogens with one attached hydrogen (secondary N) is 2. The second-order valence-corrected chi connectivity index (χ2v) is 8.39. The standard InChI is InChI=1S/C21H23BCl2N2O4/c23-15-8-9-17(24)16(12-15)20(27)25-18(10-13-4-2-1-3-5-13)21(28)26-19(22(29)30)11-14-6-7-14/h1-5,8-9,12,14,18-19,29-30H,6-7,10-11H2,(H,25,27)(H,26,28)/t18-,19-/m0/s1. The van der Waals surface area contributed by atoms with E-state index >= 15 is 0 Å². The van der Waals surface area contributed by atoms with Crippen molar-refractivity contribution in [3.05, 3.63) is 69.7 Å². The van der Waals surface area contributed by atoms with Gasteiger partial charge in [-0.1, -0.05) is 66.4 Å². The summed E-state index contributed by atoms with van der Waals surface area (Å²) in [6.45, 7) is 0. The molecule has 30 heavy (non-hydrogen) atoms. The number of hydrogen-bond acceptors (Lipinski definition) is 4. The monoisotopic (exact) mass is 448 g/mol. The van der Waals surface area contributed by atoms with Crippen LogP contribution >= 0.6 is 23.2 Å². The van der Waals surface area contributed by atoms with E-state index < -0.39 is 30.9 Å². The van der Waals surface area contributed by atoms with Crippen molar-refractivity contribution in [2.45, 2.75) is 37.7 Å². The van der Waals surface area contributed by atoms with Crippen LogP contribution in [0.2, 0.25) is 10.0 Å². The van der Waals surface area contributed by atoms with Crippen molar-refractivity contribution < 1.29 is 19.6 Å². The molecule has 1 saturated carbocycles. The summed E-state index contributed by atoms with van der Waals surface area (Å²) in [6.07, 6.45) is 2.73. The molecule has 1 fully saturated rings. The lowest BCUT2D eigenvalue weighted by Crippen LogP contribution is -2.54. The van der Waals surface area contributed by atoms with Crippen molar-refractivity contribution >= 4 is 42.1 Å². The Kier molecular flexibility index (Phi) is 7.78. The molecule has 0 heterocycles. The second-order valence-electron chi connectivity index (χ2n) is 7.55. The zero-order valence-corrected chi connectivity index (χ0v) is 17.7. The molecule has 6 nitrogen and oxygen atoms in total. The summed E-state index contributed by atoms with van der Waals surface area (Å²) in [7, 11) is -1.68. The first-order valence-electron chi connectivity index (χ1n) is 9.80. The molecule has 0 unspecified atom stereocenters. The average Bonchev–Trinajstić information content (AvgIpc) is 3.53. The zero-order chi connectivity index (χ0) is 21.7. The molecule has 1 aliphatic rings. The Balaban J connectivity index is 1.77. The predicted molar refractivity (Wildman–Crippen MR) is 117 cm³/mol. The van der Waals surface area contributed by atoms with Crippen LogP contribution in [0.25, 0.3) is 0 Å². The van der Waals surface area contributed by atoms with Gasteiger partial charge in [0.15, 0.2) is 0 Å². The maximum Gasteiger partial charge on any atom is 0.475 e. The predicted octanol–water partition coefficient (Wildman–Crippen LogP) is 2.63. The van der Waals surface area contributed by atoms with Gasteiger partial charge in [-0.3, -0.25) is 9.59 Å². The van der Waals surface area contributed by atoms with Gasteiger partial charge in [0.1, 0.15) is 6.04 Å². The van der Waals surface area contributed by atoms with Crippen LogP contribution < -0.4 is 10.6 Å². The molecule has 158 valence electrons. The number of rotatable bonds is 9. The van der Waals surface area contributed by atoms with E-state index in [2.05, 4.69) is 10.6 Å². The number of halogens is 2. The molecule has 0 aliphatic heterocycles. The zero-order valence-electron chi connectivity index (χ0n) is 16.2. The smallest absolute Gasteiger partial charge is 0.426 e. The highest BCUT2D eigenvalue weighted by molar-refractivity contribution is 6.43. The molecule has 2 atom stereocenters. The first-order valence-corrected chi connectivity index (χ1v) is 10.6. The number of amides is 2. The van der Waals surface area contributed by atoms with Gasteiger partial charge >= 0.3 is 7.12 Å². The summed E-state index contributed by atoms with van der Waals surface area (Å²) < 4.78 is 0. The molecule has 2 aromatic carbocycles.